The number of methoxy groups -OCH3 is 1. The number of nitrogens with zero attached hydrogens (tertiary/aromatic N) is 1. The number of benzene rings is 1. The van der Waals surface area contributed by atoms with Gasteiger partial charge in [-0.3, -0.25) is 0 Å². The number of rotatable bonds is 5. The van der Waals surface area contributed by atoms with Crippen LogP contribution in [0, 0.1) is 25.2 Å². The Morgan fingerprint density at radius 2 is 2.00 bits per heavy atom. The predicted octanol–water partition coefficient (Wildman–Crippen LogP) is 2.32. The van der Waals surface area contributed by atoms with Crippen LogP contribution in [0.15, 0.2) is 12.1 Å². The summed E-state index contributed by atoms with van der Waals surface area (Å²) in [5.74, 6) is 0.910. The molecule has 0 atom stereocenters. The van der Waals surface area contributed by atoms with Crippen molar-refractivity contribution >= 4 is 0 Å². The number of aryl methyl sites for hydroxylation is 2. The van der Waals surface area contributed by atoms with Gasteiger partial charge in [-0.15, -0.1) is 0 Å². The third-order valence-electron chi connectivity index (χ3n) is 2.63. The molecule has 0 fully saturated rings. The molecular formula is C13H18N2O. The molecule has 0 aliphatic rings. The van der Waals surface area contributed by atoms with Crippen molar-refractivity contribution in [2.24, 2.45) is 0 Å². The molecule has 0 aliphatic heterocycles. The minimum atomic E-state index is 0.535. The molecule has 1 N–H and O–H groups in total. The molecule has 0 saturated carbocycles. The van der Waals surface area contributed by atoms with Crippen LogP contribution < -0.4 is 10.1 Å². The van der Waals surface area contributed by atoms with Gasteiger partial charge in [-0.25, -0.2) is 0 Å². The Bertz CT molecular complexity index is 394. The van der Waals surface area contributed by atoms with Crippen molar-refractivity contribution < 1.29 is 4.74 Å². The highest BCUT2D eigenvalue weighted by Crippen LogP contribution is 2.22. The van der Waals surface area contributed by atoms with Gasteiger partial charge in [-0.05, 0) is 31.0 Å². The van der Waals surface area contributed by atoms with Crippen LogP contribution in [-0.4, -0.2) is 13.7 Å². The lowest BCUT2D eigenvalue weighted by molar-refractivity contribution is 0.407. The second kappa shape index (κ2) is 6.14. The van der Waals surface area contributed by atoms with E-state index in [0.717, 1.165) is 17.9 Å². The van der Waals surface area contributed by atoms with Gasteiger partial charge in [0.2, 0.25) is 0 Å². The zero-order valence-electron chi connectivity index (χ0n) is 10.1. The van der Waals surface area contributed by atoms with Crippen LogP contribution in [0.1, 0.15) is 23.1 Å². The minimum absolute atomic E-state index is 0.535. The Morgan fingerprint density at radius 3 is 2.62 bits per heavy atom. The molecule has 0 saturated heterocycles. The Kier molecular flexibility index (Phi) is 4.81. The van der Waals surface area contributed by atoms with Gasteiger partial charge in [-0.1, -0.05) is 6.07 Å². The van der Waals surface area contributed by atoms with Gasteiger partial charge in [0.15, 0.2) is 0 Å². The molecule has 16 heavy (non-hydrogen) atoms. The van der Waals surface area contributed by atoms with E-state index >= 15 is 0 Å². The van der Waals surface area contributed by atoms with Gasteiger partial charge in [0.25, 0.3) is 0 Å². The molecule has 0 aliphatic carbocycles. The highest BCUT2D eigenvalue weighted by Gasteiger charge is 2.05. The van der Waals surface area contributed by atoms with Crippen molar-refractivity contribution in [2.75, 3.05) is 13.7 Å². The number of nitriles is 1. The van der Waals surface area contributed by atoms with E-state index in [4.69, 9.17) is 10.00 Å². The van der Waals surface area contributed by atoms with E-state index in [1.807, 2.05) is 0 Å². The Hall–Kier alpha value is -1.53. The third-order valence-corrected chi connectivity index (χ3v) is 2.63. The molecule has 0 heterocycles. The first kappa shape index (κ1) is 12.5. The van der Waals surface area contributed by atoms with E-state index in [2.05, 4.69) is 37.4 Å². The average Bonchev–Trinajstić information content (AvgIpc) is 2.28. The molecule has 3 nitrogen and oxygen atoms in total. The van der Waals surface area contributed by atoms with Gasteiger partial charge < -0.3 is 10.1 Å². The van der Waals surface area contributed by atoms with Crippen LogP contribution in [-0.2, 0) is 6.54 Å². The summed E-state index contributed by atoms with van der Waals surface area (Å²) in [7, 11) is 1.68. The van der Waals surface area contributed by atoms with E-state index in [1.54, 1.807) is 7.11 Å². The van der Waals surface area contributed by atoms with Crippen molar-refractivity contribution in [3.63, 3.8) is 0 Å². The summed E-state index contributed by atoms with van der Waals surface area (Å²) >= 11 is 0. The summed E-state index contributed by atoms with van der Waals surface area (Å²) in [6.45, 7) is 5.62. The molecule has 0 spiro atoms. The number of ether oxygens (including phenoxy) is 1. The molecule has 0 aromatic heterocycles. The van der Waals surface area contributed by atoms with Crippen LogP contribution in [0.5, 0.6) is 5.75 Å². The Morgan fingerprint density at radius 1 is 1.31 bits per heavy atom. The van der Waals surface area contributed by atoms with E-state index in [-0.39, 0.29) is 0 Å². The first-order valence-electron chi connectivity index (χ1n) is 5.40. The highest BCUT2D eigenvalue weighted by atomic mass is 16.5. The van der Waals surface area contributed by atoms with Crippen molar-refractivity contribution in [2.45, 2.75) is 26.8 Å². The largest absolute Gasteiger partial charge is 0.496 e. The van der Waals surface area contributed by atoms with Crippen molar-refractivity contribution in [1.82, 2.24) is 5.32 Å². The highest BCUT2D eigenvalue weighted by molar-refractivity contribution is 5.41. The lowest BCUT2D eigenvalue weighted by Crippen LogP contribution is -2.15. The molecule has 86 valence electrons. The summed E-state index contributed by atoms with van der Waals surface area (Å²) in [5.41, 5.74) is 3.64. The van der Waals surface area contributed by atoms with Crippen LogP contribution in [0.25, 0.3) is 0 Å². The van der Waals surface area contributed by atoms with Crippen molar-refractivity contribution in [3.8, 4) is 11.8 Å². The van der Waals surface area contributed by atoms with Gasteiger partial charge >= 0.3 is 0 Å². The van der Waals surface area contributed by atoms with Gasteiger partial charge in [0.05, 0.1) is 13.2 Å². The van der Waals surface area contributed by atoms with Gasteiger partial charge in [0, 0.05) is 25.1 Å². The number of hydrogen-bond acceptors (Lipinski definition) is 3. The summed E-state index contributed by atoms with van der Waals surface area (Å²) in [5, 5.41) is 11.7. The van der Waals surface area contributed by atoms with Crippen molar-refractivity contribution in [1.29, 1.82) is 5.26 Å². The third kappa shape index (κ3) is 3.25. The topological polar surface area (TPSA) is 45.0 Å². The maximum Gasteiger partial charge on any atom is 0.123 e. The predicted molar refractivity (Wildman–Crippen MR) is 64.4 cm³/mol. The molecular weight excluding hydrogens is 200 g/mol. The quantitative estimate of drug-likeness (QED) is 0.771. The normalized spacial score (nSPS) is 9.88. The van der Waals surface area contributed by atoms with Crippen LogP contribution in [0.4, 0.5) is 0 Å². The summed E-state index contributed by atoms with van der Waals surface area (Å²) in [4.78, 5) is 0. The zero-order valence-corrected chi connectivity index (χ0v) is 10.1. The SMILES string of the molecule is COc1cc(C)c(C)cc1CNCCC#N. The summed E-state index contributed by atoms with van der Waals surface area (Å²) in [6.07, 6.45) is 0.535. The van der Waals surface area contributed by atoms with E-state index in [9.17, 15) is 0 Å². The summed E-state index contributed by atoms with van der Waals surface area (Å²) < 4.78 is 5.33. The zero-order chi connectivity index (χ0) is 12.0. The number of nitrogens with one attached hydrogen (secondary N) is 1. The van der Waals surface area contributed by atoms with Crippen LogP contribution in [0.3, 0.4) is 0 Å². The Labute approximate surface area is 97.0 Å². The van der Waals surface area contributed by atoms with E-state index < -0.39 is 0 Å². The minimum Gasteiger partial charge on any atom is -0.496 e. The maximum absolute atomic E-state index is 8.43. The second-order valence-corrected chi connectivity index (χ2v) is 3.83. The van der Waals surface area contributed by atoms with Crippen LogP contribution >= 0.6 is 0 Å². The molecule has 1 aromatic carbocycles. The fourth-order valence-corrected chi connectivity index (χ4v) is 1.54. The summed E-state index contributed by atoms with van der Waals surface area (Å²) in [6, 6.07) is 6.29. The van der Waals surface area contributed by atoms with Gasteiger partial charge in [0.1, 0.15) is 5.75 Å². The molecule has 0 unspecified atom stereocenters. The first-order chi connectivity index (χ1) is 7.69. The monoisotopic (exact) mass is 218 g/mol. The lowest BCUT2D eigenvalue weighted by atomic mass is 10.0. The van der Waals surface area contributed by atoms with E-state index in [1.165, 1.54) is 11.1 Å². The fourth-order valence-electron chi connectivity index (χ4n) is 1.54. The second-order valence-electron chi connectivity index (χ2n) is 3.83. The molecule has 0 amide bonds. The van der Waals surface area contributed by atoms with Gasteiger partial charge in [-0.2, -0.15) is 5.26 Å². The lowest BCUT2D eigenvalue weighted by Gasteiger charge is -2.12. The molecule has 0 radical (unpaired) electrons. The fraction of sp³-hybridized carbons (Fsp3) is 0.462. The smallest absolute Gasteiger partial charge is 0.123 e. The number of hydrogen-bond donors (Lipinski definition) is 1. The molecule has 0 bridgehead atoms. The van der Waals surface area contributed by atoms with E-state index in [0.29, 0.717) is 13.0 Å². The molecule has 3 heteroatoms. The standard InChI is InChI=1S/C13H18N2O/c1-10-7-12(9-15-6-4-5-14)13(16-3)8-11(10)2/h7-8,15H,4,6,9H2,1-3H3. The Balaban J connectivity index is 2.71. The molecule has 1 rings (SSSR count). The van der Waals surface area contributed by atoms with Crippen molar-refractivity contribution in [3.05, 3.63) is 28.8 Å². The van der Waals surface area contributed by atoms with Crippen LogP contribution in [0.2, 0.25) is 0 Å². The molecule has 1 aromatic rings. The average molecular weight is 218 g/mol. The maximum atomic E-state index is 8.43. The first-order valence-corrected chi connectivity index (χ1v) is 5.40.